The van der Waals surface area contributed by atoms with Gasteiger partial charge in [-0.25, -0.2) is 12.8 Å². The van der Waals surface area contributed by atoms with Gasteiger partial charge in [0.15, 0.2) is 0 Å². The van der Waals surface area contributed by atoms with Crippen LogP contribution in [0.25, 0.3) is 0 Å². The van der Waals surface area contributed by atoms with Crippen LogP contribution in [0.5, 0.6) is 0 Å². The van der Waals surface area contributed by atoms with E-state index in [1.54, 1.807) is 0 Å². The van der Waals surface area contributed by atoms with E-state index < -0.39 is 15.8 Å². The average molecular weight is 392 g/mol. The van der Waals surface area contributed by atoms with Gasteiger partial charge in [0.2, 0.25) is 10.0 Å². The van der Waals surface area contributed by atoms with Crippen molar-refractivity contribution in [2.24, 2.45) is 0 Å². The fourth-order valence-electron chi connectivity index (χ4n) is 2.53. The predicted molar refractivity (Wildman–Crippen MR) is 89.1 cm³/mol. The van der Waals surface area contributed by atoms with Gasteiger partial charge in [0.05, 0.1) is 10.0 Å². The van der Waals surface area contributed by atoms with Gasteiger partial charge in [0.1, 0.15) is 10.7 Å². The molecule has 1 saturated heterocycles. The van der Waals surface area contributed by atoms with Crippen molar-refractivity contribution in [3.63, 3.8) is 0 Å². The molecule has 126 valence electrons. The Morgan fingerprint density at radius 3 is 2.50 bits per heavy atom. The number of piperazine rings is 1. The molecular weight excluding hydrogens is 374 g/mol. The van der Waals surface area contributed by atoms with Crippen LogP contribution in [-0.2, 0) is 10.0 Å². The molecule has 1 fully saturated rings. The summed E-state index contributed by atoms with van der Waals surface area (Å²) in [4.78, 5) is -0.213. The number of sulfonamides is 1. The maximum Gasteiger partial charge on any atom is 0.246 e. The van der Waals surface area contributed by atoms with Crippen molar-refractivity contribution >= 4 is 45.6 Å². The third-order valence-electron chi connectivity index (χ3n) is 3.45. The third-order valence-corrected chi connectivity index (χ3v) is 6.32. The second-order valence-electron chi connectivity index (χ2n) is 4.96. The average Bonchev–Trinajstić information content (AvgIpc) is 2.37. The molecule has 9 heteroatoms. The van der Waals surface area contributed by atoms with Gasteiger partial charge in [0, 0.05) is 25.7 Å². The highest BCUT2D eigenvalue weighted by atomic mass is 35.5. The van der Waals surface area contributed by atoms with E-state index in [0.29, 0.717) is 19.6 Å². The normalized spacial score (nSPS) is 19.7. The van der Waals surface area contributed by atoms with Crippen LogP contribution < -0.4 is 5.32 Å². The number of hydrogen-bond donors (Lipinski definition) is 1. The monoisotopic (exact) mass is 390 g/mol. The van der Waals surface area contributed by atoms with Crippen molar-refractivity contribution in [1.82, 2.24) is 9.62 Å². The van der Waals surface area contributed by atoms with Crippen LogP contribution in [0.3, 0.4) is 0 Å². The Kier molecular flexibility index (Phi) is 7.36. The quantitative estimate of drug-likeness (QED) is 0.856. The second-order valence-corrected chi connectivity index (χ2v) is 7.60. The first-order valence-electron chi connectivity index (χ1n) is 6.75. The molecule has 1 unspecified atom stereocenters. The number of nitrogens with one attached hydrogen (secondary N) is 1. The van der Waals surface area contributed by atoms with E-state index in [2.05, 4.69) is 5.32 Å². The zero-order chi connectivity index (χ0) is 15.6. The lowest BCUT2D eigenvalue weighted by Gasteiger charge is -2.35. The molecule has 1 N–H and O–H groups in total. The van der Waals surface area contributed by atoms with Crippen LogP contribution in [0.2, 0.25) is 10.0 Å². The van der Waals surface area contributed by atoms with E-state index in [1.165, 1.54) is 4.31 Å². The van der Waals surface area contributed by atoms with E-state index >= 15 is 0 Å². The number of benzene rings is 1. The standard InChI is InChI=1S/C13H17Cl2FN2O2S.ClH/c1-2-3-10-8-17-4-5-18(10)21(19,20)13-11(14)6-9(16)7-12(13)15;/h6-7,10,17H,2-5,8H2,1H3;1H. The Hall–Kier alpha value is -0.110. The number of halogens is 4. The topological polar surface area (TPSA) is 49.4 Å². The van der Waals surface area contributed by atoms with Crippen LogP contribution in [-0.4, -0.2) is 38.4 Å². The maximum absolute atomic E-state index is 13.2. The second kappa shape index (κ2) is 8.13. The summed E-state index contributed by atoms with van der Waals surface area (Å²) in [6.45, 7) is 3.49. The largest absolute Gasteiger partial charge is 0.314 e. The zero-order valence-corrected chi connectivity index (χ0v) is 15.1. The SMILES string of the molecule is CCCC1CNCCN1S(=O)(=O)c1c(Cl)cc(F)cc1Cl.Cl. The van der Waals surface area contributed by atoms with Crippen molar-refractivity contribution in [2.45, 2.75) is 30.7 Å². The lowest BCUT2D eigenvalue weighted by Crippen LogP contribution is -2.53. The van der Waals surface area contributed by atoms with Crippen LogP contribution in [0.4, 0.5) is 4.39 Å². The predicted octanol–water partition coefficient (Wildman–Crippen LogP) is 3.32. The molecule has 1 aromatic rings. The van der Waals surface area contributed by atoms with Gasteiger partial charge in [-0.2, -0.15) is 4.31 Å². The molecule has 4 nitrogen and oxygen atoms in total. The Morgan fingerprint density at radius 2 is 1.95 bits per heavy atom. The van der Waals surface area contributed by atoms with Gasteiger partial charge >= 0.3 is 0 Å². The molecule has 1 heterocycles. The summed E-state index contributed by atoms with van der Waals surface area (Å²) in [5.41, 5.74) is 0. The van der Waals surface area contributed by atoms with Gasteiger partial charge in [-0.1, -0.05) is 36.5 Å². The molecule has 1 aromatic carbocycles. The Morgan fingerprint density at radius 1 is 1.36 bits per heavy atom. The Labute approximate surface area is 146 Å². The molecule has 1 atom stereocenters. The fraction of sp³-hybridized carbons (Fsp3) is 0.538. The van der Waals surface area contributed by atoms with Crippen LogP contribution in [0.15, 0.2) is 17.0 Å². The molecule has 1 aliphatic rings. The summed E-state index contributed by atoms with van der Waals surface area (Å²) < 4.78 is 40.3. The van der Waals surface area contributed by atoms with Crippen molar-refractivity contribution < 1.29 is 12.8 Å². The summed E-state index contributed by atoms with van der Waals surface area (Å²) in [6, 6.07) is 1.79. The van der Waals surface area contributed by atoms with Crippen LogP contribution >= 0.6 is 35.6 Å². The van der Waals surface area contributed by atoms with Crippen molar-refractivity contribution in [3.05, 3.63) is 28.0 Å². The minimum absolute atomic E-state index is 0. The van der Waals surface area contributed by atoms with Gasteiger partial charge in [-0.05, 0) is 18.6 Å². The summed E-state index contributed by atoms with van der Waals surface area (Å²) in [5, 5.41) is 2.81. The van der Waals surface area contributed by atoms with Gasteiger partial charge < -0.3 is 5.32 Å². The third kappa shape index (κ3) is 4.04. The van der Waals surface area contributed by atoms with Crippen molar-refractivity contribution in [3.8, 4) is 0 Å². The molecule has 0 aromatic heterocycles. The first-order valence-corrected chi connectivity index (χ1v) is 8.94. The van der Waals surface area contributed by atoms with E-state index in [9.17, 15) is 12.8 Å². The smallest absolute Gasteiger partial charge is 0.246 e. The van der Waals surface area contributed by atoms with E-state index in [-0.39, 0.29) is 33.4 Å². The first-order chi connectivity index (χ1) is 9.87. The summed E-state index contributed by atoms with van der Waals surface area (Å²) in [7, 11) is -3.85. The van der Waals surface area contributed by atoms with E-state index in [1.807, 2.05) is 6.92 Å². The lowest BCUT2D eigenvalue weighted by molar-refractivity contribution is 0.254. The van der Waals surface area contributed by atoms with Gasteiger partial charge in [0.25, 0.3) is 0 Å². The molecule has 1 aliphatic heterocycles. The number of rotatable bonds is 4. The minimum Gasteiger partial charge on any atom is -0.314 e. The number of hydrogen-bond acceptors (Lipinski definition) is 3. The summed E-state index contributed by atoms with van der Waals surface area (Å²) in [5.74, 6) is -0.658. The molecule has 2 rings (SSSR count). The highest BCUT2D eigenvalue weighted by Crippen LogP contribution is 2.34. The van der Waals surface area contributed by atoms with Crippen LogP contribution in [0.1, 0.15) is 19.8 Å². The van der Waals surface area contributed by atoms with E-state index in [0.717, 1.165) is 25.0 Å². The van der Waals surface area contributed by atoms with Crippen molar-refractivity contribution in [1.29, 1.82) is 0 Å². The van der Waals surface area contributed by atoms with Gasteiger partial charge in [-0.3, -0.25) is 0 Å². The number of nitrogens with zero attached hydrogens (tertiary/aromatic N) is 1. The van der Waals surface area contributed by atoms with Crippen LogP contribution in [0, 0.1) is 5.82 Å². The Balaban J connectivity index is 0.00000242. The minimum atomic E-state index is -3.85. The lowest BCUT2D eigenvalue weighted by atomic mass is 10.1. The highest BCUT2D eigenvalue weighted by Gasteiger charge is 2.35. The first kappa shape index (κ1) is 19.9. The maximum atomic E-state index is 13.2. The molecule has 0 aliphatic carbocycles. The molecule has 0 saturated carbocycles. The highest BCUT2D eigenvalue weighted by molar-refractivity contribution is 7.89. The molecule has 0 spiro atoms. The van der Waals surface area contributed by atoms with E-state index in [4.69, 9.17) is 23.2 Å². The van der Waals surface area contributed by atoms with Gasteiger partial charge in [-0.15, -0.1) is 12.4 Å². The summed E-state index contributed by atoms with van der Waals surface area (Å²) >= 11 is 11.8. The zero-order valence-electron chi connectivity index (χ0n) is 12.0. The van der Waals surface area contributed by atoms with Crippen molar-refractivity contribution in [2.75, 3.05) is 19.6 Å². The summed E-state index contributed by atoms with van der Waals surface area (Å²) in [6.07, 6.45) is 1.60. The molecule has 0 bridgehead atoms. The molecule has 0 amide bonds. The fourth-order valence-corrected chi connectivity index (χ4v) is 5.33. The molecular formula is C13H18Cl3FN2O2S. The Bertz CT molecular complexity index is 603. The molecule has 22 heavy (non-hydrogen) atoms. The molecule has 0 radical (unpaired) electrons.